The van der Waals surface area contributed by atoms with Gasteiger partial charge in [0.15, 0.2) is 0 Å². The number of fused-ring (bicyclic) bond motifs is 3. The minimum atomic E-state index is -0.233. The first-order valence-corrected chi connectivity index (χ1v) is 6.74. The summed E-state index contributed by atoms with van der Waals surface area (Å²) in [5.74, 6) is -0.102. The molecule has 0 N–H and O–H groups in total. The Labute approximate surface area is 108 Å². The van der Waals surface area contributed by atoms with Gasteiger partial charge in [0.25, 0.3) is 0 Å². The van der Waals surface area contributed by atoms with Crippen molar-refractivity contribution in [2.24, 2.45) is 5.92 Å². The van der Waals surface area contributed by atoms with Crippen LogP contribution in [0.15, 0.2) is 23.8 Å². The van der Waals surface area contributed by atoms with Crippen LogP contribution in [0.25, 0.3) is 0 Å². The van der Waals surface area contributed by atoms with Crippen LogP contribution in [-0.2, 0) is 14.3 Å². The molecule has 3 rings (SSSR count). The van der Waals surface area contributed by atoms with Crippen LogP contribution >= 0.6 is 0 Å². The monoisotopic (exact) mass is 248 g/mol. The van der Waals surface area contributed by atoms with Crippen LogP contribution in [0.1, 0.15) is 39.5 Å². The molecule has 2 heterocycles. The van der Waals surface area contributed by atoms with Gasteiger partial charge in [-0.1, -0.05) is 18.2 Å². The van der Waals surface area contributed by atoms with Crippen molar-refractivity contribution in [3.05, 3.63) is 23.8 Å². The molecule has 2 fully saturated rings. The number of allylic oxidation sites excluding steroid dienone is 2. The zero-order valence-electron chi connectivity index (χ0n) is 11.1. The van der Waals surface area contributed by atoms with Crippen LogP contribution in [-0.4, -0.2) is 23.8 Å². The SMILES string of the molecule is C=C1C(=O)O[C@@H]2[C@@H]1CC/C(C)=C/CC[C@@]1(C)O[C@@H]21. The van der Waals surface area contributed by atoms with E-state index in [-0.39, 0.29) is 29.7 Å². The van der Waals surface area contributed by atoms with E-state index in [0.29, 0.717) is 5.57 Å². The molecule has 4 atom stereocenters. The normalized spacial score (nSPS) is 46.6. The van der Waals surface area contributed by atoms with Crippen molar-refractivity contribution in [1.82, 2.24) is 0 Å². The average Bonchev–Trinajstić information content (AvgIpc) is 2.90. The van der Waals surface area contributed by atoms with Crippen molar-refractivity contribution in [2.75, 3.05) is 0 Å². The van der Waals surface area contributed by atoms with Crippen molar-refractivity contribution >= 4 is 5.97 Å². The highest BCUT2D eigenvalue weighted by atomic mass is 16.6. The molecule has 0 radical (unpaired) electrons. The maximum Gasteiger partial charge on any atom is 0.334 e. The molecule has 3 nitrogen and oxygen atoms in total. The summed E-state index contributed by atoms with van der Waals surface area (Å²) in [6.45, 7) is 8.17. The Balaban J connectivity index is 1.87. The van der Waals surface area contributed by atoms with E-state index in [0.717, 1.165) is 25.7 Å². The maximum absolute atomic E-state index is 11.7. The third kappa shape index (κ3) is 1.81. The minimum absolute atomic E-state index is 0.0671. The highest BCUT2D eigenvalue weighted by Gasteiger charge is 2.61. The van der Waals surface area contributed by atoms with E-state index in [4.69, 9.17) is 9.47 Å². The summed E-state index contributed by atoms with van der Waals surface area (Å²) < 4.78 is 11.3. The Hall–Kier alpha value is -1.09. The molecule has 0 spiro atoms. The highest BCUT2D eigenvalue weighted by Crippen LogP contribution is 2.49. The third-order valence-corrected chi connectivity index (χ3v) is 4.57. The van der Waals surface area contributed by atoms with Gasteiger partial charge in [-0.2, -0.15) is 0 Å². The summed E-state index contributed by atoms with van der Waals surface area (Å²) in [4.78, 5) is 11.7. The Bertz CT molecular complexity index is 437. The third-order valence-electron chi connectivity index (χ3n) is 4.57. The molecule has 2 aliphatic heterocycles. The van der Waals surface area contributed by atoms with Gasteiger partial charge < -0.3 is 9.47 Å². The van der Waals surface area contributed by atoms with Gasteiger partial charge in [-0.15, -0.1) is 0 Å². The van der Waals surface area contributed by atoms with Crippen LogP contribution < -0.4 is 0 Å². The number of epoxide rings is 1. The molecule has 1 aliphatic carbocycles. The molecule has 3 aliphatic rings. The fraction of sp³-hybridized carbons (Fsp3) is 0.667. The van der Waals surface area contributed by atoms with E-state index in [1.165, 1.54) is 5.57 Å². The lowest BCUT2D eigenvalue weighted by Crippen LogP contribution is -2.28. The summed E-state index contributed by atoms with van der Waals surface area (Å²) in [7, 11) is 0. The zero-order valence-corrected chi connectivity index (χ0v) is 11.1. The fourth-order valence-electron chi connectivity index (χ4n) is 3.20. The van der Waals surface area contributed by atoms with Crippen molar-refractivity contribution < 1.29 is 14.3 Å². The predicted octanol–water partition coefficient (Wildman–Crippen LogP) is 2.76. The van der Waals surface area contributed by atoms with E-state index in [9.17, 15) is 4.79 Å². The van der Waals surface area contributed by atoms with Gasteiger partial charge in [0.1, 0.15) is 12.2 Å². The van der Waals surface area contributed by atoms with Gasteiger partial charge >= 0.3 is 5.97 Å². The second-order valence-corrected chi connectivity index (χ2v) is 5.98. The summed E-state index contributed by atoms with van der Waals surface area (Å²) in [5, 5.41) is 0. The van der Waals surface area contributed by atoms with E-state index in [1.807, 2.05) is 0 Å². The number of carbonyl (C=O) groups excluding carboxylic acids is 1. The summed E-state index contributed by atoms with van der Waals surface area (Å²) >= 11 is 0. The molecule has 2 saturated heterocycles. The molecular formula is C15H20O3. The van der Waals surface area contributed by atoms with Gasteiger partial charge in [0.2, 0.25) is 0 Å². The summed E-state index contributed by atoms with van der Waals surface area (Å²) in [6, 6.07) is 0. The van der Waals surface area contributed by atoms with Crippen molar-refractivity contribution in [1.29, 1.82) is 0 Å². The van der Waals surface area contributed by atoms with Crippen molar-refractivity contribution in [3.63, 3.8) is 0 Å². The Morgan fingerprint density at radius 3 is 3.06 bits per heavy atom. The number of hydrogen-bond donors (Lipinski definition) is 0. The molecule has 0 amide bonds. The van der Waals surface area contributed by atoms with Crippen molar-refractivity contribution in [2.45, 2.75) is 57.3 Å². The number of rotatable bonds is 0. The molecule has 18 heavy (non-hydrogen) atoms. The summed E-state index contributed by atoms with van der Waals surface area (Å²) in [6.07, 6.45) is 6.25. The Morgan fingerprint density at radius 1 is 1.50 bits per heavy atom. The molecule has 0 bridgehead atoms. The fourth-order valence-corrected chi connectivity index (χ4v) is 3.20. The van der Waals surface area contributed by atoms with E-state index in [2.05, 4.69) is 26.5 Å². The Kier molecular flexibility index (Phi) is 2.63. The maximum atomic E-state index is 11.7. The van der Waals surface area contributed by atoms with Crippen LogP contribution in [0.2, 0.25) is 0 Å². The second-order valence-electron chi connectivity index (χ2n) is 5.98. The highest BCUT2D eigenvalue weighted by molar-refractivity contribution is 5.91. The molecule has 0 aromatic heterocycles. The first-order chi connectivity index (χ1) is 8.51. The first-order valence-electron chi connectivity index (χ1n) is 6.74. The molecule has 0 unspecified atom stereocenters. The lowest BCUT2D eigenvalue weighted by atomic mass is 9.84. The molecule has 0 aromatic carbocycles. The van der Waals surface area contributed by atoms with Crippen LogP contribution in [0.4, 0.5) is 0 Å². The summed E-state index contributed by atoms with van der Waals surface area (Å²) in [5.41, 5.74) is 1.91. The van der Waals surface area contributed by atoms with E-state index >= 15 is 0 Å². The smallest absolute Gasteiger partial charge is 0.334 e. The molecular weight excluding hydrogens is 228 g/mol. The number of carbonyl (C=O) groups is 1. The molecule has 98 valence electrons. The van der Waals surface area contributed by atoms with Crippen LogP contribution in [0, 0.1) is 5.92 Å². The van der Waals surface area contributed by atoms with E-state index in [1.54, 1.807) is 0 Å². The van der Waals surface area contributed by atoms with Crippen LogP contribution in [0.5, 0.6) is 0 Å². The average molecular weight is 248 g/mol. The topological polar surface area (TPSA) is 38.8 Å². The predicted molar refractivity (Wildman–Crippen MR) is 68.0 cm³/mol. The van der Waals surface area contributed by atoms with Gasteiger partial charge in [0.05, 0.1) is 5.60 Å². The first kappa shape index (κ1) is 12.0. The number of ether oxygens (including phenoxy) is 2. The lowest BCUT2D eigenvalue weighted by Gasteiger charge is -2.19. The standard InChI is InChI=1S/C15H20O3/c1-9-5-4-8-15(3)13(18-15)12-11(7-6-9)10(2)14(16)17-12/h5,11-13H,2,4,6-8H2,1,3H3/b9-5+/t11-,12-,13+,15-/m1/s1. The van der Waals surface area contributed by atoms with Gasteiger partial charge in [0, 0.05) is 11.5 Å². The molecule has 3 heteroatoms. The number of esters is 1. The van der Waals surface area contributed by atoms with Crippen LogP contribution in [0.3, 0.4) is 0 Å². The van der Waals surface area contributed by atoms with Gasteiger partial charge in [-0.05, 0) is 39.5 Å². The quantitative estimate of drug-likeness (QED) is 0.286. The van der Waals surface area contributed by atoms with E-state index < -0.39 is 0 Å². The minimum Gasteiger partial charge on any atom is -0.455 e. The lowest BCUT2D eigenvalue weighted by molar-refractivity contribution is -0.140. The largest absolute Gasteiger partial charge is 0.455 e. The Morgan fingerprint density at radius 2 is 2.28 bits per heavy atom. The van der Waals surface area contributed by atoms with Gasteiger partial charge in [-0.25, -0.2) is 4.79 Å². The van der Waals surface area contributed by atoms with Crippen molar-refractivity contribution in [3.8, 4) is 0 Å². The second kappa shape index (κ2) is 3.95. The number of hydrogen-bond acceptors (Lipinski definition) is 3. The molecule has 0 aromatic rings. The zero-order chi connectivity index (χ0) is 12.9. The molecule has 0 saturated carbocycles. The van der Waals surface area contributed by atoms with Gasteiger partial charge in [-0.3, -0.25) is 0 Å².